The molecule has 0 aliphatic rings. The standard InChI is InChI=1S/C51H29N3O2/c1-2-10-30(11-3-1)49-52-50(54-51(53-49)34-20-24-41-39-14-6-8-16-45(39)56-48(41)29-34)33-19-23-37-35-12-4-5-13-36(35)42-26-31(18-22-38(42)43(37)28-33)32-21-25-47-44(27-32)40-15-7-9-17-46(40)55-47/h1-29H. The highest BCUT2D eigenvalue weighted by molar-refractivity contribution is 6.26. The van der Waals surface area contributed by atoms with Gasteiger partial charge >= 0.3 is 0 Å². The van der Waals surface area contributed by atoms with Gasteiger partial charge in [-0.1, -0.05) is 127 Å². The van der Waals surface area contributed by atoms with Gasteiger partial charge in [-0.3, -0.25) is 0 Å². The van der Waals surface area contributed by atoms with Gasteiger partial charge in [-0.05, 0) is 92.0 Å². The minimum absolute atomic E-state index is 0.590. The Morgan fingerprint density at radius 1 is 0.232 bits per heavy atom. The Hall–Kier alpha value is -7.63. The molecule has 0 radical (unpaired) electrons. The highest BCUT2D eigenvalue weighted by atomic mass is 16.3. The van der Waals surface area contributed by atoms with Crippen molar-refractivity contribution in [2.75, 3.05) is 0 Å². The second kappa shape index (κ2) is 11.9. The van der Waals surface area contributed by atoms with Crippen LogP contribution in [0.3, 0.4) is 0 Å². The SMILES string of the molecule is c1ccc(-c2nc(-c3ccc4c(c3)oc3ccccc34)nc(-c3ccc4c5ccccc5c5cc(-c6ccc7oc8ccccc8c7c6)ccc5c4c3)n2)cc1. The van der Waals surface area contributed by atoms with Gasteiger partial charge in [0.1, 0.15) is 22.3 Å². The van der Waals surface area contributed by atoms with E-state index in [4.69, 9.17) is 23.8 Å². The smallest absolute Gasteiger partial charge is 0.164 e. The summed E-state index contributed by atoms with van der Waals surface area (Å²) >= 11 is 0. The number of nitrogens with zero attached hydrogens (tertiary/aromatic N) is 3. The van der Waals surface area contributed by atoms with Crippen LogP contribution >= 0.6 is 0 Å². The molecule has 260 valence electrons. The third-order valence-corrected chi connectivity index (χ3v) is 11.1. The van der Waals surface area contributed by atoms with Gasteiger partial charge in [0.15, 0.2) is 17.5 Å². The van der Waals surface area contributed by atoms with Crippen LogP contribution in [0.1, 0.15) is 0 Å². The Bertz CT molecular complexity index is 3550. The van der Waals surface area contributed by atoms with E-state index in [2.05, 4.69) is 109 Å². The van der Waals surface area contributed by atoms with E-state index in [1.807, 2.05) is 66.7 Å². The van der Waals surface area contributed by atoms with E-state index >= 15 is 0 Å². The molecule has 0 saturated heterocycles. The number of hydrogen-bond acceptors (Lipinski definition) is 5. The summed E-state index contributed by atoms with van der Waals surface area (Å²) < 4.78 is 12.4. The molecule has 0 bridgehead atoms. The maximum absolute atomic E-state index is 6.26. The molecule has 3 heterocycles. The zero-order chi connectivity index (χ0) is 36.7. The quantitative estimate of drug-likeness (QED) is 0.170. The van der Waals surface area contributed by atoms with E-state index in [-0.39, 0.29) is 0 Å². The van der Waals surface area contributed by atoms with E-state index in [0.717, 1.165) is 77.1 Å². The Kier molecular flexibility index (Phi) is 6.56. The number of aromatic nitrogens is 3. The number of furan rings is 2. The summed E-state index contributed by atoms with van der Waals surface area (Å²) in [5.41, 5.74) is 8.47. The number of para-hydroxylation sites is 2. The maximum atomic E-state index is 6.26. The fraction of sp³-hybridized carbons (Fsp3) is 0. The van der Waals surface area contributed by atoms with Crippen molar-refractivity contribution >= 4 is 76.2 Å². The van der Waals surface area contributed by atoms with Crippen LogP contribution in [0, 0.1) is 0 Å². The van der Waals surface area contributed by atoms with Crippen LogP contribution in [0.15, 0.2) is 185 Å². The van der Waals surface area contributed by atoms with E-state index in [0.29, 0.717) is 17.5 Å². The zero-order valence-electron chi connectivity index (χ0n) is 29.9. The molecule has 0 aliphatic carbocycles. The Morgan fingerprint density at radius 2 is 0.625 bits per heavy atom. The molecule has 0 fully saturated rings. The lowest BCUT2D eigenvalue weighted by Gasteiger charge is -2.14. The molecule has 0 saturated carbocycles. The first-order valence-electron chi connectivity index (χ1n) is 18.8. The third-order valence-electron chi connectivity index (χ3n) is 11.1. The molecular weight excluding hydrogens is 687 g/mol. The summed E-state index contributed by atoms with van der Waals surface area (Å²) in [5.74, 6) is 1.82. The van der Waals surface area contributed by atoms with Crippen molar-refractivity contribution in [2.24, 2.45) is 0 Å². The second-order valence-corrected chi connectivity index (χ2v) is 14.4. The molecule has 0 spiro atoms. The molecule has 0 N–H and O–H groups in total. The molecule has 3 aromatic heterocycles. The van der Waals surface area contributed by atoms with E-state index in [1.165, 1.54) is 26.9 Å². The Morgan fingerprint density at radius 3 is 1.32 bits per heavy atom. The minimum Gasteiger partial charge on any atom is -0.456 e. The average molecular weight is 716 g/mol. The number of benzene rings is 9. The molecule has 0 aliphatic heterocycles. The van der Waals surface area contributed by atoms with Gasteiger partial charge in [-0.15, -0.1) is 0 Å². The average Bonchev–Trinajstić information content (AvgIpc) is 3.84. The Balaban J connectivity index is 1.04. The first-order valence-corrected chi connectivity index (χ1v) is 18.8. The van der Waals surface area contributed by atoms with Crippen molar-refractivity contribution < 1.29 is 8.83 Å². The predicted octanol–water partition coefficient (Wildman–Crippen LogP) is 13.8. The summed E-state index contributed by atoms with van der Waals surface area (Å²) in [5, 5.41) is 11.5. The van der Waals surface area contributed by atoms with Crippen LogP contribution in [0.25, 0.3) is 121 Å². The summed E-state index contributed by atoms with van der Waals surface area (Å²) in [6, 6.07) is 61.2. The van der Waals surface area contributed by atoms with Crippen molar-refractivity contribution in [3.8, 4) is 45.3 Å². The normalized spacial score (nSPS) is 11.9. The van der Waals surface area contributed by atoms with Crippen LogP contribution in [-0.2, 0) is 0 Å². The molecule has 0 atom stereocenters. The third kappa shape index (κ3) is 4.78. The largest absolute Gasteiger partial charge is 0.456 e. The predicted molar refractivity (Wildman–Crippen MR) is 229 cm³/mol. The monoisotopic (exact) mass is 715 g/mol. The van der Waals surface area contributed by atoms with Crippen LogP contribution in [0.2, 0.25) is 0 Å². The highest BCUT2D eigenvalue weighted by Gasteiger charge is 2.17. The first kappa shape index (κ1) is 30.8. The fourth-order valence-electron chi connectivity index (χ4n) is 8.40. The van der Waals surface area contributed by atoms with Gasteiger partial charge in [-0.25, -0.2) is 15.0 Å². The lowest BCUT2D eigenvalue weighted by Crippen LogP contribution is -2.00. The maximum Gasteiger partial charge on any atom is 0.164 e. The summed E-state index contributed by atoms with van der Waals surface area (Å²) in [6.07, 6.45) is 0. The fourth-order valence-corrected chi connectivity index (χ4v) is 8.40. The van der Waals surface area contributed by atoms with E-state index in [9.17, 15) is 0 Å². The number of rotatable bonds is 4. The topological polar surface area (TPSA) is 65.0 Å². The molecular formula is C51H29N3O2. The van der Waals surface area contributed by atoms with Gasteiger partial charge in [0.2, 0.25) is 0 Å². The lowest BCUT2D eigenvalue weighted by molar-refractivity contribution is 0.668. The molecule has 12 rings (SSSR count). The van der Waals surface area contributed by atoms with Gasteiger partial charge in [0.05, 0.1) is 0 Å². The molecule has 0 amide bonds. The van der Waals surface area contributed by atoms with Gasteiger partial charge in [-0.2, -0.15) is 0 Å². The molecule has 5 heteroatoms. The first-order chi connectivity index (χ1) is 27.7. The van der Waals surface area contributed by atoms with Crippen LogP contribution < -0.4 is 0 Å². The lowest BCUT2D eigenvalue weighted by atomic mass is 9.91. The molecule has 5 nitrogen and oxygen atoms in total. The molecule has 0 unspecified atom stereocenters. The van der Waals surface area contributed by atoms with Crippen molar-refractivity contribution in [1.82, 2.24) is 15.0 Å². The number of fused-ring (bicyclic) bond motifs is 12. The number of hydrogen-bond donors (Lipinski definition) is 0. The van der Waals surface area contributed by atoms with Crippen molar-refractivity contribution in [3.05, 3.63) is 176 Å². The van der Waals surface area contributed by atoms with Crippen LogP contribution in [0.5, 0.6) is 0 Å². The summed E-state index contributed by atoms with van der Waals surface area (Å²) in [7, 11) is 0. The minimum atomic E-state index is 0.590. The van der Waals surface area contributed by atoms with Gasteiger partial charge < -0.3 is 8.83 Å². The van der Waals surface area contributed by atoms with Crippen LogP contribution in [0.4, 0.5) is 0 Å². The van der Waals surface area contributed by atoms with Crippen molar-refractivity contribution in [1.29, 1.82) is 0 Å². The second-order valence-electron chi connectivity index (χ2n) is 14.4. The van der Waals surface area contributed by atoms with Crippen LogP contribution in [-0.4, -0.2) is 15.0 Å². The van der Waals surface area contributed by atoms with Gasteiger partial charge in [0, 0.05) is 38.2 Å². The van der Waals surface area contributed by atoms with E-state index < -0.39 is 0 Å². The highest BCUT2D eigenvalue weighted by Crippen LogP contribution is 2.40. The van der Waals surface area contributed by atoms with Gasteiger partial charge in [0.25, 0.3) is 0 Å². The zero-order valence-corrected chi connectivity index (χ0v) is 29.9. The van der Waals surface area contributed by atoms with Crippen molar-refractivity contribution in [2.45, 2.75) is 0 Å². The Labute approximate surface area is 320 Å². The molecule has 9 aromatic carbocycles. The van der Waals surface area contributed by atoms with Crippen molar-refractivity contribution in [3.63, 3.8) is 0 Å². The van der Waals surface area contributed by atoms with E-state index in [1.54, 1.807) is 0 Å². The summed E-state index contributed by atoms with van der Waals surface area (Å²) in [4.78, 5) is 15.2. The molecule has 12 aromatic rings. The molecule has 56 heavy (non-hydrogen) atoms. The summed E-state index contributed by atoms with van der Waals surface area (Å²) in [6.45, 7) is 0.